The van der Waals surface area contributed by atoms with Crippen LogP contribution in [0, 0.1) is 0 Å². The average Bonchev–Trinajstić information content (AvgIpc) is 3.04. The number of aryl methyl sites for hydroxylation is 1. The van der Waals surface area contributed by atoms with Gasteiger partial charge in [-0.1, -0.05) is 6.92 Å². The molecule has 23 heavy (non-hydrogen) atoms. The fraction of sp³-hybridized carbons (Fsp3) is 0.706. The summed E-state index contributed by atoms with van der Waals surface area (Å²) in [6.45, 7) is 10.1. The number of morpholine rings is 1. The van der Waals surface area contributed by atoms with Crippen LogP contribution < -0.4 is 0 Å². The molecule has 0 N–H and O–H groups in total. The standard InChI is InChI=1S/C17H27N3O3/c1-2-15-3-4-16(23-15)13-18-5-7-20(8-6-18)17(21)14-19-9-11-22-12-10-19/h3-4H,2,5-14H2,1H3. The number of piperazine rings is 1. The van der Waals surface area contributed by atoms with Crippen LogP contribution in [0.25, 0.3) is 0 Å². The van der Waals surface area contributed by atoms with Gasteiger partial charge in [0.2, 0.25) is 5.91 Å². The minimum absolute atomic E-state index is 0.248. The number of hydrogen-bond acceptors (Lipinski definition) is 5. The summed E-state index contributed by atoms with van der Waals surface area (Å²) < 4.78 is 11.1. The molecule has 1 aromatic rings. The zero-order chi connectivity index (χ0) is 16.1. The number of nitrogens with zero attached hydrogens (tertiary/aromatic N) is 3. The van der Waals surface area contributed by atoms with E-state index in [0.29, 0.717) is 6.54 Å². The van der Waals surface area contributed by atoms with Crippen LogP contribution in [-0.4, -0.2) is 79.6 Å². The zero-order valence-electron chi connectivity index (χ0n) is 14.0. The minimum Gasteiger partial charge on any atom is -0.465 e. The maximum atomic E-state index is 12.4. The van der Waals surface area contributed by atoms with E-state index < -0.39 is 0 Å². The molecule has 1 aromatic heterocycles. The van der Waals surface area contributed by atoms with Gasteiger partial charge in [0.25, 0.3) is 0 Å². The van der Waals surface area contributed by atoms with E-state index in [1.165, 1.54) is 0 Å². The summed E-state index contributed by atoms with van der Waals surface area (Å²) in [5, 5.41) is 0. The Morgan fingerprint density at radius 3 is 2.35 bits per heavy atom. The Balaban J connectivity index is 1.41. The SMILES string of the molecule is CCc1ccc(CN2CCN(C(=O)CN3CCOCC3)CC2)o1. The maximum absolute atomic E-state index is 12.4. The summed E-state index contributed by atoms with van der Waals surface area (Å²) in [5.41, 5.74) is 0. The van der Waals surface area contributed by atoms with Gasteiger partial charge in [-0.05, 0) is 12.1 Å². The summed E-state index contributed by atoms with van der Waals surface area (Å²) in [7, 11) is 0. The highest BCUT2D eigenvalue weighted by Crippen LogP contribution is 2.13. The molecule has 128 valence electrons. The highest BCUT2D eigenvalue weighted by Gasteiger charge is 2.23. The van der Waals surface area contributed by atoms with Crippen molar-refractivity contribution >= 4 is 5.91 Å². The lowest BCUT2D eigenvalue weighted by atomic mass is 10.2. The predicted molar refractivity (Wildman–Crippen MR) is 87.2 cm³/mol. The van der Waals surface area contributed by atoms with Gasteiger partial charge < -0.3 is 14.1 Å². The molecule has 6 heteroatoms. The molecule has 6 nitrogen and oxygen atoms in total. The van der Waals surface area contributed by atoms with E-state index in [9.17, 15) is 4.79 Å². The van der Waals surface area contributed by atoms with Crippen molar-refractivity contribution in [2.75, 3.05) is 59.0 Å². The molecular formula is C17H27N3O3. The summed E-state index contributed by atoms with van der Waals surface area (Å²) in [5.74, 6) is 2.31. The van der Waals surface area contributed by atoms with E-state index in [1.807, 2.05) is 4.90 Å². The van der Waals surface area contributed by atoms with Crippen LogP contribution in [0.1, 0.15) is 18.4 Å². The van der Waals surface area contributed by atoms with Gasteiger partial charge >= 0.3 is 0 Å². The third-order valence-corrected chi connectivity index (χ3v) is 4.63. The molecule has 0 saturated carbocycles. The van der Waals surface area contributed by atoms with Crippen LogP contribution in [-0.2, 0) is 22.5 Å². The monoisotopic (exact) mass is 321 g/mol. The Morgan fingerprint density at radius 2 is 1.70 bits per heavy atom. The highest BCUT2D eigenvalue weighted by molar-refractivity contribution is 5.78. The van der Waals surface area contributed by atoms with Crippen LogP contribution in [0.2, 0.25) is 0 Å². The third kappa shape index (κ3) is 4.56. The molecule has 1 amide bonds. The fourth-order valence-electron chi connectivity index (χ4n) is 3.12. The van der Waals surface area contributed by atoms with Gasteiger partial charge in [-0.2, -0.15) is 0 Å². The van der Waals surface area contributed by atoms with Gasteiger partial charge in [0.15, 0.2) is 0 Å². The van der Waals surface area contributed by atoms with Crippen molar-refractivity contribution in [1.29, 1.82) is 0 Å². The Bertz CT molecular complexity index is 503. The van der Waals surface area contributed by atoms with Crippen molar-refractivity contribution in [2.45, 2.75) is 19.9 Å². The van der Waals surface area contributed by atoms with Crippen molar-refractivity contribution < 1.29 is 13.9 Å². The normalized spacial score (nSPS) is 20.8. The molecule has 0 radical (unpaired) electrons. The molecule has 3 rings (SSSR count). The van der Waals surface area contributed by atoms with Gasteiger partial charge in [0.1, 0.15) is 11.5 Å². The van der Waals surface area contributed by atoms with Crippen molar-refractivity contribution in [3.8, 4) is 0 Å². The number of carbonyl (C=O) groups is 1. The maximum Gasteiger partial charge on any atom is 0.236 e. The molecule has 2 aliphatic rings. The Morgan fingerprint density at radius 1 is 1.00 bits per heavy atom. The lowest BCUT2D eigenvalue weighted by Gasteiger charge is -2.36. The predicted octanol–water partition coefficient (Wildman–Crippen LogP) is 0.818. The molecule has 0 bridgehead atoms. The van der Waals surface area contributed by atoms with Gasteiger partial charge in [0.05, 0.1) is 26.3 Å². The van der Waals surface area contributed by atoms with Crippen LogP contribution in [0.15, 0.2) is 16.5 Å². The number of hydrogen-bond donors (Lipinski definition) is 0. The Hall–Kier alpha value is -1.37. The van der Waals surface area contributed by atoms with Crippen LogP contribution in [0.3, 0.4) is 0 Å². The first-order valence-electron chi connectivity index (χ1n) is 8.62. The molecular weight excluding hydrogens is 294 g/mol. The highest BCUT2D eigenvalue weighted by atomic mass is 16.5. The van der Waals surface area contributed by atoms with Crippen LogP contribution in [0.4, 0.5) is 0 Å². The number of amides is 1. The van der Waals surface area contributed by atoms with E-state index >= 15 is 0 Å². The van der Waals surface area contributed by atoms with Crippen molar-refractivity contribution in [3.05, 3.63) is 23.7 Å². The van der Waals surface area contributed by atoms with Crippen LogP contribution >= 0.6 is 0 Å². The van der Waals surface area contributed by atoms with E-state index in [2.05, 4.69) is 28.9 Å². The number of ether oxygens (including phenoxy) is 1. The quantitative estimate of drug-likeness (QED) is 0.803. The van der Waals surface area contributed by atoms with Gasteiger partial charge in [-0.25, -0.2) is 0 Å². The average molecular weight is 321 g/mol. The van der Waals surface area contributed by atoms with Crippen molar-refractivity contribution in [3.63, 3.8) is 0 Å². The summed E-state index contributed by atoms with van der Waals surface area (Å²) >= 11 is 0. The molecule has 2 aliphatic heterocycles. The first-order chi connectivity index (χ1) is 11.2. The molecule has 0 aliphatic carbocycles. The molecule has 0 atom stereocenters. The van der Waals surface area contributed by atoms with Gasteiger partial charge in [0, 0.05) is 45.7 Å². The molecule has 0 unspecified atom stereocenters. The topological polar surface area (TPSA) is 49.2 Å². The second-order valence-corrected chi connectivity index (χ2v) is 6.27. The van der Waals surface area contributed by atoms with Gasteiger partial charge in [-0.15, -0.1) is 0 Å². The fourth-order valence-corrected chi connectivity index (χ4v) is 3.12. The van der Waals surface area contributed by atoms with E-state index in [-0.39, 0.29) is 5.91 Å². The van der Waals surface area contributed by atoms with Gasteiger partial charge in [-0.3, -0.25) is 14.6 Å². The largest absolute Gasteiger partial charge is 0.465 e. The smallest absolute Gasteiger partial charge is 0.236 e. The van der Waals surface area contributed by atoms with E-state index in [0.717, 1.165) is 77.0 Å². The van der Waals surface area contributed by atoms with E-state index in [4.69, 9.17) is 9.15 Å². The zero-order valence-corrected chi connectivity index (χ0v) is 14.0. The summed E-state index contributed by atoms with van der Waals surface area (Å²) in [4.78, 5) is 18.9. The second-order valence-electron chi connectivity index (χ2n) is 6.27. The molecule has 0 spiro atoms. The number of carbonyl (C=O) groups excluding carboxylic acids is 1. The minimum atomic E-state index is 0.248. The first-order valence-corrected chi connectivity index (χ1v) is 8.62. The molecule has 2 fully saturated rings. The lowest BCUT2D eigenvalue weighted by molar-refractivity contribution is -0.135. The molecule has 0 aromatic carbocycles. The second kappa shape index (κ2) is 7.95. The third-order valence-electron chi connectivity index (χ3n) is 4.63. The summed E-state index contributed by atoms with van der Waals surface area (Å²) in [6.07, 6.45) is 0.934. The van der Waals surface area contributed by atoms with Crippen molar-refractivity contribution in [1.82, 2.24) is 14.7 Å². The molecule has 3 heterocycles. The lowest BCUT2D eigenvalue weighted by Crippen LogP contribution is -2.51. The van der Waals surface area contributed by atoms with E-state index in [1.54, 1.807) is 0 Å². The Kier molecular flexibility index (Phi) is 5.70. The summed E-state index contributed by atoms with van der Waals surface area (Å²) in [6, 6.07) is 4.12. The van der Waals surface area contributed by atoms with Crippen LogP contribution in [0.5, 0.6) is 0 Å². The number of rotatable bonds is 5. The molecule has 2 saturated heterocycles. The Labute approximate surface area is 138 Å². The number of furan rings is 1. The first kappa shape index (κ1) is 16.5. The van der Waals surface area contributed by atoms with Crippen molar-refractivity contribution in [2.24, 2.45) is 0 Å².